The molecule has 62 valence electrons. The van der Waals surface area contributed by atoms with Crippen molar-refractivity contribution >= 4 is 0 Å². The highest BCUT2D eigenvalue weighted by molar-refractivity contribution is 5.28. The summed E-state index contributed by atoms with van der Waals surface area (Å²) in [6, 6.07) is 1.80. The average molecular weight is 163 g/mol. The molecule has 0 saturated carbocycles. The topological polar surface area (TPSA) is 42.4 Å². The Balaban J connectivity index is 2.46. The van der Waals surface area contributed by atoms with Crippen LogP contribution in [-0.2, 0) is 11.3 Å². The van der Waals surface area contributed by atoms with Crippen molar-refractivity contribution in [1.82, 2.24) is 4.98 Å². The summed E-state index contributed by atoms with van der Waals surface area (Å²) in [7, 11) is 0. The van der Waals surface area contributed by atoms with Crippen molar-refractivity contribution in [3.8, 4) is 0 Å². The van der Waals surface area contributed by atoms with E-state index in [0.717, 1.165) is 11.1 Å². The number of aliphatic hydroxyl groups is 1. The zero-order valence-corrected chi connectivity index (χ0v) is 6.47. The minimum Gasteiger partial charge on any atom is -0.497 e. The third-order valence-electron chi connectivity index (χ3n) is 1.86. The van der Waals surface area contributed by atoms with E-state index in [9.17, 15) is 5.11 Å². The van der Waals surface area contributed by atoms with Gasteiger partial charge in [0.05, 0.1) is 6.26 Å². The number of hydrogen-bond acceptors (Lipinski definition) is 3. The van der Waals surface area contributed by atoms with Gasteiger partial charge in [0.15, 0.2) is 0 Å². The van der Waals surface area contributed by atoms with Crippen LogP contribution in [0.25, 0.3) is 0 Å². The summed E-state index contributed by atoms with van der Waals surface area (Å²) in [5.74, 6) is 0. The molecule has 2 rings (SSSR count). The van der Waals surface area contributed by atoms with Crippen molar-refractivity contribution in [1.29, 1.82) is 0 Å². The lowest BCUT2D eigenvalue weighted by Crippen LogP contribution is -1.97. The molecule has 0 aromatic carbocycles. The van der Waals surface area contributed by atoms with E-state index in [1.807, 2.05) is 0 Å². The van der Waals surface area contributed by atoms with Gasteiger partial charge >= 0.3 is 0 Å². The highest BCUT2D eigenvalue weighted by atomic mass is 16.5. The van der Waals surface area contributed by atoms with E-state index in [1.165, 1.54) is 6.26 Å². The fraction of sp³-hybridized carbons (Fsp3) is 0.222. The Kier molecular flexibility index (Phi) is 1.80. The number of pyridine rings is 1. The summed E-state index contributed by atoms with van der Waals surface area (Å²) >= 11 is 0. The van der Waals surface area contributed by atoms with Crippen LogP contribution in [0.15, 0.2) is 30.8 Å². The average Bonchev–Trinajstić information content (AvgIpc) is 2.29. The molecule has 2 heterocycles. The molecule has 0 fully saturated rings. The molecule has 0 aliphatic carbocycles. The third kappa shape index (κ3) is 1.19. The van der Waals surface area contributed by atoms with Crippen LogP contribution < -0.4 is 0 Å². The lowest BCUT2D eigenvalue weighted by molar-refractivity contribution is 0.224. The van der Waals surface area contributed by atoms with E-state index in [1.54, 1.807) is 24.5 Å². The molecule has 3 heteroatoms. The Morgan fingerprint density at radius 2 is 2.50 bits per heavy atom. The quantitative estimate of drug-likeness (QED) is 0.624. The molecule has 1 aliphatic heterocycles. The molecule has 1 N–H and O–H groups in total. The molecular formula is C9H9NO2. The van der Waals surface area contributed by atoms with Crippen LogP contribution in [-0.4, -0.2) is 10.1 Å². The van der Waals surface area contributed by atoms with Gasteiger partial charge in [-0.1, -0.05) is 0 Å². The van der Waals surface area contributed by atoms with Crippen LogP contribution in [0.5, 0.6) is 0 Å². The van der Waals surface area contributed by atoms with E-state index in [-0.39, 0.29) is 0 Å². The first-order chi connectivity index (χ1) is 5.88. The van der Waals surface area contributed by atoms with Crippen molar-refractivity contribution in [3.05, 3.63) is 41.9 Å². The third-order valence-corrected chi connectivity index (χ3v) is 1.86. The van der Waals surface area contributed by atoms with Crippen LogP contribution in [0, 0.1) is 0 Å². The molecule has 0 spiro atoms. The Bertz CT molecular complexity index is 309. The lowest BCUT2D eigenvalue weighted by Gasteiger charge is -2.06. The molecule has 1 aromatic rings. The Labute approximate surface area is 70.3 Å². The van der Waals surface area contributed by atoms with E-state index in [0.29, 0.717) is 6.61 Å². The van der Waals surface area contributed by atoms with Crippen LogP contribution in [0.2, 0.25) is 0 Å². The maximum Gasteiger partial charge on any atom is 0.114 e. The van der Waals surface area contributed by atoms with Crippen LogP contribution >= 0.6 is 0 Å². The van der Waals surface area contributed by atoms with Gasteiger partial charge in [0, 0.05) is 18.0 Å². The van der Waals surface area contributed by atoms with Gasteiger partial charge in [0.1, 0.15) is 12.7 Å². The highest BCUT2D eigenvalue weighted by Gasteiger charge is 2.11. The van der Waals surface area contributed by atoms with Gasteiger partial charge in [0.25, 0.3) is 0 Å². The SMILES string of the molecule is OC1C=COCc2cnccc21. The largest absolute Gasteiger partial charge is 0.497 e. The molecule has 1 atom stereocenters. The van der Waals surface area contributed by atoms with Gasteiger partial charge in [-0.15, -0.1) is 0 Å². The Morgan fingerprint density at radius 3 is 3.42 bits per heavy atom. The van der Waals surface area contributed by atoms with Gasteiger partial charge in [-0.3, -0.25) is 4.98 Å². The molecule has 0 amide bonds. The predicted octanol–water partition coefficient (Wildman–Crippen LogP) is 1.16. The lowest BCUT2D eigenvalue weighted by atomic mass is 10.1. The number of nitrogens with zero attached hydrogens (tertiary/aromatic N) is 1. The second-order valence-electron chi connectivity index (χ2n) is 2.66. The zero-order chi connectivity index (χ0) is 8.39. The summed E-state index contributed by atoms with van der Waals surface area (Å²) in [5.41, 5.74) is 1.81. The normalized spacial score (nSPS) is 20.9. The van der Waals surface area contributed by atoms with Crippen molar-refractivity contribution in [2.45, 2.75) is 12.7 Å². The first kappa shape index (κ1) is 7.31. The van der Waals surface area contributed by atoms with E-state index in [2.05, 4.69) is 4.98 Å². The second-order valence-corrected chi connectivity index (χ2v) is 2.66. The van der Waals surface area contributed by atoms with Gasteiger partial charge in [-0.05, 0) is 17.7 Å². The number of rotatable bonds is 0. The molecule has 3 nitrogen and oxygen atoms in total. The minimum absolute atomic E-state index is 0.483. The molecule has 0 bridgehead atoms. The molecule has 12 heavy (non-hydrogen) atoms. The minimum atomic E-state index is -0.564. The smallest absolute Gasteiger partial charge is 0.114 e. The van der Waals surface area contributed by atoms with E-state index in [4.69, 9.17) is 4.74 Å². The fourth-order valence-electron chi connectivity index (χ4n) is 1.22. The molecule has 0 radical (unpaired) electrons. The monoisotopic (exact) mass is 163 g/mol. The van der Waals surface area contributed by atoms with Crippen LogP contribution in [0.4, 0.5) is 0 Å². The highest BCUT2D eigenvalue weighted by Crippen LogP contribution is 2.21. The van der Waals surface area contributed by atoms with Gasteiger partial charge in [-0.2, -0.15) is 0 Å². The van der Waals surface area contributed by atoms with Crippen LogP contribution in [0.3, 0.4) is 0 Å². The van der Waals surface area contributed by atoms with Gasteiger partial charge < -0.3 is 9.84 Å². The van der Waals surface area contributed by atoms with Crippen LogP contribution in [0.1, 0.15) is 17.2 Å². The fourth-order valence-corrected chi connectivity index (χ4v) is 1.22. The summed E-state index contributed by atoms with van der Waals surface area (Å²) in [4.78, 5) is 3.96. The maximum absolute atomic E-state index is 9.55. The number of aliphatic hydroxyl groups excluding tert-OH is 1. The molecular weight excluding hydrogens is 154 g/mol. The van der Waals surface area contributed by atoms with Crippen molar-refractivity contribution in [2.24, 2.45) is 0 Å². The van der Waals surface area contributed by atoms with Crippen molar-refractivity contribution in [2.75, 3.05) is 0 Å². The summed E-state index contributed by atoms with van der Waals surface area (Å²) < 4.78 is 5.11. The number of aromatic nitrogens is 1. The second kappa shape index (κ2) is 2.95. The van der Waals surface area contributed by atoms with Crippen molar-refractivity contribution < 1.29 is 9.84 Å². The molecule has 0 saturated heterocycles. The van der Waals surface area contributed by atoms with Gasteiger partial charge in [0.2, 0.25) is 0 Å². The molecule has 1 aromatic heterocycles. The predicted molar refractivity (Wildman–Crippen MR) is 43.1 cm³/mol. The zero-order valence-electron chi connectivity index (χ0n) is 6.47. The Morgan fingerprint density at radius 1 is 1.58 bits per heavy atom. The molecule has 1 aliphatic rings. The number of ether oxygens (including phenoxy) is 1. The number of hydrogen-bond donors (Lipinski definition) is 1. The summed E-state index contributed by atoms with van der Waals surface area (Å²) in [5, 5.41) is 9.55. The Hall–Kier alpha value is -1.35. The first-order valence-electron chi connectivity index (χ1n) is 3.77. The van der Waals surface area contributed by atoms with Crippen molar-refractivity contribution in [3.63, 3.8) is 0 Å². The summed E-state index contributed by atoms with van der Waals surface area (Å²) in [6.45, 7) is 0.483. The molecule has 1 unspecified atom stereocenters. The standard InChI is InChI=1S/C9H9NO2/c11-9-2-4-12-6-7-5-10-3-1-8(7)9/h1-5,9,11H,6H2. The van der Waals surface area contributed by atoms with E-state index >= 15 is 0 Å². The number of fused-ring (bicyclic) bond motifs is 1. The maximum atomic E-state index is 9.55. The summed E-state index contributed by atoms with van der Waals surface area (Å²) in [6.07, 6.45) is 5.95. The van der Waals surface area contributed by atoms with E-state index < -0.39 is 6.10 Å². The first-order valence-corrected chi connectivity index (χ1v) is 3.77. The van der Waals surface area contributed by atoms with Gasteiger partial charge in [-0.25, -0.2) is 0 Å².